The molecule has 1 aromatic carbocycles. The Morgan fingerprint density at radius 2 is 2.39 bits per heavy atom. The van der Waals surface area contributed by atoms with Crippen molar-refractivity contribution in [3.05, 3.63) is 34.9 Å². The highest BCUT2D eigenvalue weighted by Crippen LogP contribution is 2.14. The Bertz CT molecular complexity index is 422. The number of nitrogens with zero attached hydrogens (tertiary/aromatic N) is 1. The smallest absolute Gasteiger partial charge is 0.224 e. The van der Waals surface area contributed by atoms with Crippen LogP contribution < -0.4 is 5.32 Å². The van der Waals surface area contributed by atoms with Gasteiger partial charge < -0.3 is 10.2 Å². The normalized spacial score (nSPS) is 20.0. The molecule has 1 fully saturated rings. The molecule has 1 atom stereocenters. The molecule has 1 aromatic rings. The molecule has 0 aromatic heterocycles. The zero-order valence-corrected chi connectivity index (χ0v) is 11.4. The highest BCUT2D eigenvalue weighted by Gasteiger charge is 2.25. The molecule has 2 rings (SSSR count). The maximum absolute atomic E-state index is 11.9. The summed E-state index contributed by atoms with van der Waals surface area (Å²) < 4.78 is 0. The maximum Gasteiger partial charge on any atom is 0.224 e. The van der Waals surface area contributed by atoms with Gasteiger partial charge in [0.25, 0.3) is 0 Å². The van der Waals surface area contributed by atoms with Gasteiger partial charge in [-0.1, -0.05) is 23.7 Å². The van der Waals surface area contributed by atoms with E-state index in [2.05, 4.69) is 17.3 Å². The van der Waals surface area contributed by atoms with Gasteiger partial charge in [-0.25, -0.2) is 0 Å². The van der Waals surface area contributed by atoms with Crippen LogP contribution in [0, 0.1) is 5.92 Å². The van der Waals surface area contributed by atoms with Crippen molar-refractivity contribution < 1.29 is 4.79 Å². The molecule has 3 nitrogen and oxygen atoms in total. The highest BCUT2D eigenvalue weighted by atomic mass is 35.5. The van der Waals surface area contributed by atoms with E-state index < -0.39 is 0 Å². The Kier molecular flexibility index (Phi) is 4.61. The third-order valence-electron chi connectivity index (χ3n) is 3.36. The first-order chi connectivity index (χ1) is 8.65. The minimum atomic E-state index is 0.161. The summed E-state index contributed by atoms with van der Waals surface area (Å²) in [6.45, 7) is 2.58. The summed E-state index contributed by atoms with van der Waals surface area (Å²) in [6.07, 6.45) is 1.80. The number of halogens is 1. The molecule has 1 saturated heterocycles. The fraction of sp³-hybridized carbons (Fsp3) is 0.500. The second-order valence-electron chi connectivity index (χ2n) is 4.92. The van der Waals surface area contributed by atoms with Crippen LogP contribution in [0.15, 0.2) is 24.3 Å². The fourth-order valence-electron chi connectivity index (χ4n) is 2.32. The monoisotopic (exact) mass is 266 g/mol. The van der Waals surface area contributed by atoms with Gasteiger partial charge in [-0.05, 0) is 44.1 Å². The molecule has 0 aliphatic carbocycles. The highest BCUT2D eigenvalue weighted by molar-refractivity contribution is 6.30. The minimum Gasteiger partial charge on any atom is -0.355 e. The first kappa shape index (κ1) is 13.4. The van der Waals surface area contributed by atoms with E-state index in [9.17, 15) is 4.79 Å². The molecule has 0 radical (unpaired) electrons. The third kappa shape index (κ3) is 3.72. The van der Waals surface area contributed by atoms with Crippen molar-refractivity contribution in [2.24, 2.45) is 5.92 Å². The molecule has 1 aliphatic heterocycles. The molecule has 98 valence electrons. The first-order valence-electron chi connectivity index (χ1n) is 6.36. The quantitative estimate of drug-likeness (QED) is 0.904. The van der Waals surface area contributed by atoms with Crippen molar-refractivity contribution in [1.29, 1.82) is 0 Å². The van der Waals surface area contributed by atoms with Crippen molar-refractivity contribution in [2.75, 3.05) is 26.7 Å². The molecule has 4 heteroatoms. The average Bonchev–Trinajstić information content (AvgIpc) is 2.76. The lowest BCUT2D eigenvalue weighted by Crippen LogP contribution is -2.33. The number of carbonyl (C=O) groups excluding carboxylic acids is 1. The molecule has 1 heterocycles. The van der Waals surface area contributed by atoms with E-state index >= 15 is 0 Å². The number of benzene rings is 1. The molecule has 18 heavy (non-hydrogen) atoms. The maximum atomic E-state index is 11.9. The van der Waals surface area contributed by atoms with Crippen molar-refractivity contribution in [2.45, 2.75) is 12.8 Å². The predicted molar refractivity (Wildman–Crippen MR) is 73.8 cm³/mol. The van der Waals surface area contributed by atoms with E-state index in [1.165, 1.54) is 0 Å². The van der Waals surface area contributed by atoms with E-state index in [4.69, 9.17) is 11.6 Å². The number of amides is 1. The van der Waals surface area contributed by atoms with Gasteiger partial charge in [-0.3, -0.25) is 4.79 Å². The lowest BCUT2D eigenvalue weighted by atomic mass is 10.1. The molecular formula is C14H19ClN2O. The zero-order valence-electron chi connectivity index (χ0n) is 10.7. The van der Waals surface area contributed by atoms with Crippen molar-refractivity contribution in [1.82, 2.24) is 10.2 Å². The number of hydrogen-bond donors (Lipinski definition) is 1. The SMILES string of the molecule is CN1CCC(C(=O)NCCc2cccc(Cl)c2)C1. The van der Waals surface area contributed by atoms with Gasteiger partial charge in [-0.15, -0.1) is 0 Å². The summed E-state index contributed by atoms with van der Waals surface area (Å²) in [5, 5.41) is 3.75. The number of carbonyl (C=O) groups is 1. The van der Waals surface area contributed by atoms with Gasteiger partial charge in [0.05, 0.1) is 5.92 Å². The van der Waals surface area contributed by atoms with Gasteiger partial charge >= 0.3 is 0 Å². The van der Waals surface area contributed by atoms with Crippen LogP contribution in [0.2, 0.25) is 5.02 Å². The van der Waals surface area contributed by atoms with Gasteiger partial charge in [0, 0.05) is 18.1 Å². The van der Waals surface area contributed by atoms with Gasteiger partial charge in [0.2, 0.25) is 5.91 Å². The number of hydrogen-bond acceptors (Lipinski definition) is 2. The Hall–Kier alpha value is -1.06. The average molecular weight is 267 g/mol. The van der Waals surface area contributed by atoms with E-state index in [1.54, 1.807) is 0 Å². The van der Waals surface area contributed by atoms with Crippen molar-refractivity contribution in [3.63, 3.8) is 0 Å². The summed E-state index contributed by atoms with van der Waals surface area (Å²) in [5.74, 6) is 0.343. The minimum absolute atomic E-state index is 0.161. The van der Waals surface area contributed by atoms with Crippen LogP contribution in [-0.4, -0.2) is 37.5 Å². The lowest BCUT2D eigenvalue weighted by molar-refractivity contribution is -0.124. The molecule has 0 bridgehead atoms. The van der Waals surface area contributed by atoms with E-state index in [1.807, 2.05) is 24.3 Å². The summed E-state index contributed by atoms with van der Waals surface area (Å²) >= 11 is 5.91. The summed E-state index contributed by atoms with van der Waals surface area (Å²) in [5.41, 5.74) is 1.16. The Balaban J connectivity index is 1.73. The summed E-state index contributed by atoms with van der Waals surface area (Å²) in [6, 6.07) is 7.77. The molecule has 1 unspecified atom stereocenters. The van der Waals surface area contributed by atoms with Crippen molar-refractivity contribution in [3.8, 4) is 0 Å². The first-order valence-corrected chi connectivity index (χ1v) is 6.73. The van der Waals surface area contributed by atoms with Crippen molar-refractivity contribution >= 4 is 17.5 Å². The van der Waals surface area contributed by atoms with Crippen LogP contribution in [0.5, 0.6) is 0 Å². The van der Waals surface area contributed by atoms with Gasteiger partial charge in [-0.2, -0.15) is 0 Å². The van der Waals surface area contributed by atoms with E-state index in [0.717, 1.165) is 36.5 Å². The molecule has 1 N–H and O–H groups in total. The number of likely N-dealkylation sites (tertiary alicyclic amines) is 1. The Labute approximate surface area is 113 Å². The predicted octanol–water partition coefficient (Wildman–Crippen LogP) is 1.95. The molecule has 1 amide bonds. The third-order valence-corrected chi connectivity index (χ3v) is 3.60. The Morgan fingerprint density at radius 3 is 3.06 bits per heavy atom. The summed E-state index contributed by atoms with van der Waals surface area (Å²) in [7, 11) is 2.05. The Morgan fingerprint density at radius 1 is 1.56 bits per heavy atom. The molecule has 1 aliphatic rings. The van der Waals surface area contributed by atoms with Crippen LogP contribution in [0.1, 0.15) is 12.0 Å². The number of rotatable bonds is 4. The zero-order chi connectivity index (χ0) is 13.0. The van der Waals surface area contributed by atoms with Gasteiger partial charge in [0.1, 0.15) is 0 Å². The van der Waals surface area contributed by atoms with Crippen LogP contribution in [0.4, 0.5) is 0 Å². The van der Waals surface area contributed by atoms with E-state index in [0.29, 0.717) is 6.54 Å². The van der Waals surface area contributed by atoms with Crippen LogP contribution in [0.3, 0.4) is 0 Å². The largest absolute Gasteiger partial charge is 0.355 e. The van der Waals surface area contributed by atoms with E-state index in [-0.39, 0.29) is 11.8 Å². The summed E-state index contributed by atoms with van der Waals surface area (Å²) in [4.78, 5) is 14.1. The topological polar surface area (TPSA) is 32.3 Å². The standard InChI is InChI=1S/C14H19ClN2O/c1-17-8-6-12(10-17)14(18)16-7-5-11-3-2-4-13(15)9-11/h2-4,9,12H,5-8,10H2,1H3,(H,16,18). The molecule has 0 saturated carbocycles. The second kappa shape index (κ2) is 6.21. The molecular weight excluding hydrogens is 248 g/mol. The van der Waals surface area contributed by atoms with Gasteiger partial charge in [0.15, 0.2) is 0 Å². The van der Waals surface area contributed by atoms with Crippen LogP contribution in [-0.2, 0) is 11.2 Å². The lowest BCUT2D eigenvalue weighted by Gasteiger charge is -2.11. The second-order valence-corrected chi connectivity index (χ2v) is 5.36. The number of nitrogens with one attached hydrogen (secondary N) is 1. The van der Waals surface area contributed by atoms with Crippen LogP contribution in [0.25, 0.3) is 0 Å². The molecule has 0 spiro atoms. The fourth-order valence-corrected chi connectivity index (χ4v) is 2.53. The van der Waals surface area contributed by atoms with Crippen LogP contribution >= 0.6 is 11.6 Å².